The van der Waals surface area contributed by atoms with Crippen LogP contribution in [0.1, 0.15) is 12.0 Å². The minimum absolute atomic E-state index is 0.288. The Hall–Kier alpha value is -0.840. The molecule has 1 rings (SSSR count). The van der Waals surface area contributed by atoms with Gasteiger partial charge in [-0.1, -0.05) is 23.7 Å². The van der Waals surface area contributed by atoms with E-state index in [9.17, 15) is 8.42 Å². The summed E-state index contributed by atoms with van der Waals surface area (Å²) >= 11 is 6.02. The molecule has 0 aliphatic heterocycles. The first-order valence-corrected chi connectivity index (χ1v) is 7.53. The lowest BCUT2D eigenvalue weighted by Crippen LogP contribution is -2.16. The van der Waals surface area contributed by atoms with E-state index in [4.69, 9.17) is 11.6 Å². The summed E-state index contributed by atoms with van der Waals surface area (Å²) in [7, 11) is -3.24. The fourth-order valence-electron chi connectivity index (χ4n) is 1.48. The zero-order valence-corrected chi connectivity index (χ0v) is 11.3. The molecule has 0 spiro atoms. The Morgan fingerprint density at radius 2 is 2.18 bits per heavy atom. The molecule has 0 bridgehead atoms. The molecule has 0 saturated carbocycles. The van der Waals surface area contributed by atoms with Crippen LogP contribution in [0.5, 0.6) is 0 Å². The second-order valence-corrected chi connectivity index (χ2v) is 6.13. The van der Waals surface area contributed by atoms with Gasteiger partial charge in [0, 0.05) is 23.4 Å². The molecule has 0 heterocycles. The number of rotatable bonds is 6. The van der Waals surface area contributed by atoms with E-state index in [2.05, 4.69) is 11.9 Å². The van der Waals surface area contributed by atoms with Gasteiger partial charge in [0.15, 0.2) is 9.84 Å². The van der Waals surface area contributed by atoms with Crippen LogP contribution in [0.3, 0.4) is 0 Å². The van der Waals surface area contributed by atoms with Crippen LogP contribution >= 0.6 is 11.6 Å². The SMILES string of the molecule is C=CCCNCc1c(Cl)cccc1S(C)(=O)=O. The average molecular weight is 274 g/mol. The van der Waals surface area contributed by atoms with Crippen molar-refractivity contribution in [1.29, 1.82) is 0 Å². The fourth-order valence-corrected chi connectivity index (χ4v) is 2.73. The predicted molar refractivity (Wildman–Crippen MR) is 71.1 cm³/mol. The lowest BCUT2D eigenvalue weighted by molar-refractivity contribution is 0.598. The second-order valence-electron chi connectivity index (χ2n) is 3.74. The smallest absolute Gasteiger partial charge is 0.175 e. The van der Waals surface area contributed by atoms with Crippen LogP contribution in [0.15, 0.2) is 35.7 Å². The third kappa shape index (κ3) is 4.15. The number of hydrogen-bond donors (Lipinski definition) is 1. The van der Waals surface area contributed by atoms with Gasteiger partial charge < -0.3 is 5.32 Å². The van der Waals surface area contributed by atoms with Crippen molar-refractivity contribution in [2.75, 3.05) is 12.8 Å². The summed E-state index contributed by atoms with van der Waals surface area (Å²) < 4.78 is 23.2. The van der Waals surface area contributed by atoms with Gasteiger partial charge in [0.05, 0.1) is 4.90 Å². The molecule has 17 heavy (non-hydrogen) atoms. The van der Waals surface area contributed by atoms with Gasteiger partial charge in [-0.15, -0.1) is 6.58 Å². The number of halogens is 1. The van der Waals surface area contributed by atoms with Gasteiger partial charge >= 0.3 is 0 Å². The van der Waals surface area contributed by atoms with Crippen molar-refractivity contribution in [3.05, 3.63) is 41.4 Å². The van der Waals surface area contributed by atoms with E-state index in [0.29, 0.717) is 17.1 Å². The van der Waals surface area contributed by atoms with Crippen LogP contribution in [0.2, 0.25) is 5.02 Å². The highest BCUT2D eigenvalue weighted by atomic mass is 35.5. The summed E-state index contributed by atoms with van der Waals surface area (Å²) in [4.78, 5) is 0.288. The molecule has 0 fully saturated rings. The van der Waals surface area contributed by atoms with Crippen molar-refractivity contribution in [2.45, 2.75) is 17.9 Å². The Balaban J connectivity index is 2.93. The molecule has 0 unspecified atom stereocenters. The summed E-state index contributed by atoms with van der Waals surface area (Å²) in [5, 5.41) is 3.61. The largest absolute Gasteiger partial charge is 0.312 e. The molecule has 94 valence electrons. The summed E-state index contributed by atoms with van der Waals surface area (Å²) in [6.45, 7) is 4.81. The normalized spacial score (nSPS) is 11.4. The summed E-state index contributed by atoms with van der Waals surface area (Å²) in [5.41, 5.74) is 0.626. The third-order valence-electron chi connectivity index (χ3n) is 2.30. The summed E-state index contributed by atoms with van der Waals surface area (Å²) in [6.07, 6.45) is 3.82. The van der Waals surface area contributed by atoms with Gasteiger partial charge in [-0.05, 0) is 25.1 Å². The van der Waals surface area contributed by atoms with Crippen molar-refractivity contribution < 1.29 is 8.42 Å². The maximum atomic E-state index is 11.6. The number of nitrogens with one attached hydrogen (secondary N) is 1. The summed E-state index contributed by atoms with van der Waals surface area (Å²) in [6, 6.07) is 4.92. The maximum absolute atomic E-state index is 11.6. The topological polar surface area (TPSA) is 46.2 Å². The molecule has 1 aromatic carbocycles. The first-order chi connectivity index (χ1) is 7.96. The molecule has 0 radical (unpaired) electrons. The standard InChI is InChI=1S/C12H16ClNO2S/c1-3-4-8-14-9-10-11(13)6-5-7-12(10)17(2,15)16/h3,5-7,14H,1,4,8-9H2,2H3. The van der Waals surface area contributed by atoms with Gasteiger partial charge in [0.25, 0.3) is 0 Å². The van der Waals surface area contributed by atoms with Crippen molar-refractivity contribution in [2.24, 2.45) is 0 Å². The van der Waals surface area contributed by atoms with Crippen LogP contribution in [-0.4, -0.2) is 21.2 Å². The lowest BCUT2D eigenvalue weighted by atomic mass is 10.2. The van der Waals surface area contributed by atoms with E-state index in [-0.39, 0.29) is 4.90 Å². The van der Waals surface area contributed by atoms with E-state index in [1.165, 1.54) is 6.26 Å². The van der Waals surface area contributed by atoms with Crippen molar-refractivity contribution >= 4 is 21.4 Å². The maximum Gasteiger partial charge on any atom is 0.175 e. The Kier molecular flexibility index (Phi) is 5.18. The lowest BCUT2D eigenvalue weighted by Gasteiger charge is -2.10. The minimum atomic E-state index is -3.24. The minimum Gasteiger partial charge on any atom is -0.312 e. The van der Waals surface area contributed by atoms with Crippen molar-refractivity contribution in [1.82, 2.24) is 5.32 Å². The van der Waals surface area contributed by atoms with Crippen LogP contribution < -0.4 is 5.32 Å². The third-order valence-corrected chi connectivity index (χ3v) is 3.84. The Bertz CT molecular complexity index is 497. The fraction of sp³-hybridized carbons (Fsp3) is 0.333. The molecule has 5 heteroatoms. The zero-order valence-electron chi connectivity index (χ0n) is 9.74. The molecule has 0 atom stereocenters. The second kappa shape index (κ2) is 6.19. The number of hydrogen-bond acceptors (Lipinski definition) is 3. The Morgan fingerprint density at radius 3 is 2.76 bits per heavy atom. The first kappa shape index (κ1) is 14.2. The van der Waals surface area contributed by atoms with E-state index in [0.717, 1.165) is 13.0 Å². The molecule has 0 saturated heterocycles. The molecule has 0 amide bonds. The van der Waals surface area contributed by atoms with E-state index in [1.807, 2.05) is 0 Å². The highest BCUT2D eigenvalue weighted by molar-refractivity contribution is 7.90. The molecule has 0 aliphatic carbocycles. The highest BCUT2D eigenvalue weighted by Crippen LogP contribution is 2.23. The Labute approximate surface area is 107 Å². The van der Waals surface area contributed by atoms with Crippen LogP contribution in [-0.2, 0) is 16.4 Å². The predicted octanol–water partition coefficient (Wildman–Crippen LogP) is 2.41. The Morgan fingerprint density at radius 1 is 1.47 bits per heavy atom. The molecule has 0 aromatic heterocycles. The van der Waals surface area contributed by atoms with Gasteiger partial charge in [-0.2, -0.15) is 0 Å². The van der Waals surface area contributed by atoms with Gasteiger partial charge in [0.1, 0.15) is 0 Å². The van der Waals surface area contributed by atoms with Gasteiger partial charge in [-0.25, -0.2) is 8.42 Å². The quantitative estimate of drug-likeness (QED) is 0.640. The summed E-state index contributed by atoms with van der Waals surface area (Å²) in [5.74, 6) is 0. The molecular formula is C12H16ClNO2S. The molecule has 1 N–H and O–H groups in total. The molecule has 3 nitrogen and oxygen atoms in total. The first-order valence-electron chi connectivity index (χ1n) is 5.26. The van der Waals surface area contributed by atoms with Crippen molar-refractivity contribution in [3.8, 4) is 0 Å². The zero-order chi connectivity index (χ0) is 12.9. The monoisotopic (exact) mass is 273 g/mol. The number of benzene rings is 1. The molecule has 1 aromatic rings. The van der Waals surface area contributed by atoms with Gasteiger partial charge in [0.2, 0.25) is 0 Å². The molecular weight excluding hydrogens is 258 g/mol. The van der Waals surface area contributed by atoms with Crippen molar-refractivity contribution in [3.63, 3.8) is 0 Å². The van der Waals surface area contributed by atoms with Gasteiger partial charge in [-0.3, -0.25) is 0 Å². The number of sulfone groups is 1. The van der Waals surface area contributed by atoms with Crippen LogP contribution in [0.25, 0.3) is 0 Å². The van der Waals surface area contributed by atoms with E-state index < -0.39 is 9.84 Å². The van der Waals surface area contributed by atoms with E-state index >= 15 is 0 Å². The average Bonchev–Trinajstić information content (AvgIpc) is 2.24. The van der Waals surface area contributed by atoms with E-state index in [1.54, 1.807) is 24.3 Å². The van der Waals surface area contributed by atoms with Crippen LogP contribution in [0.4, 0.5) is 0 Å². The molecule has 0 aliphatic rings. The van der Waals surface area contributed by atoms with Crippen LogP contribution in [0, 0.1) is 0 Å². The highest BCUT2D eigenvalue weighted by Gasteiger charge is 2.15.